The molecule has 2 N–H and O–H groups in total. The topological polar surface area (TPSA) is 48.8 Å². The van der Waals surface area contributed by atoms with Gasteiger partial charge in [-0.15, -0.1) is 0 Å². The van der Waals surface area contributed by atoms with Gasteiger partial charge in [0.2, 0.25) is 0 Å². The van der Waals surface area contributed by atoms with Crippen molar-refractivity contribution in [3.63, 3.8) is 0 Å². The van der Waals surface area contributed by atoms with Crippen LogP contribution in [0.25, 0.3) is 0 Å². The first-order valence-electron chi connectivity index (χ1n) is 9.67. The van der Waals surface area contributed by atoms with E-state index in [0.29, 0.717) is 11.4 Å². The molecule has 3 nitrogen and oxygen atoms in total. The summed E-state index contributed by atoms with van der Waals surface area (Å²) in [5.74, 6) is 0. The van der Waals surface area contributed by atoms with E-state index in [1.165, 1.54) is 0 Å². The minimum atomic E-state index is -0.628. The van der Waals surface area contributed by atoms with Gasteiger partial charge in [-0.3, -0.25) is 4.98 Å². The molecule has 1 aromatic heterocycles. The Labute approximate surface area is 171 Å². The van der Waals surface area contributed by atoms with Crippen LogP contribution >= 0.6 is 0 Å². The second-order valence-electron chi connectivity index (χ2n) is 7.00. The lowest BCUT2D eigenvalue weighted by atomic mass is 9.76. The molecular weight excluding hydrogens is 354 g/mol. The number of rotatable bonds is 6. The minimum Gasteiger partial charge on any atom is -0.366 e. The number of hydrogen-bond acceptors (Lipinski definition) is 3. The maximum Gasteiger partial charge on any atom is 0.114 e. The van der Waals surface area contributed by atoms with Crippen molar-refractivity contribution in [1.29, 1.82) is 5.41 Å². The van der Waals surface area contributed by atoms with Gasteiger partial charge >= 0.3 is 0 Å². The molecule has 0 atom stereocenters. The quantitative estimate of drug-likeness (QED) is 0.326. The lowest BCUT2D eigenvalue weighted by Gasteiger charge is -2.38. The number of aromatic nitrogens is 1. The zero-order valence-electron chi connectivity index (χ0n) is 16.3. The molecule has 0 aliphatic carbocycles. The van der Waals surface area contributed by atoms with E-state index in [4.69, 9.17) is 5.41 Å². The molecule has 0 spiro atoms. The zero-order valence-corrected chi connectivity index (χ0v) is 16.3. The van der Waals surface area contributed by atoms with E-state index in [2.05, 4.69) is 83.1 Å². The van der Waals surface area contributed by atoms with Crippen molar-refractivity contribution in [2.75, 3.05) is 5.32 Å². The first-order valence-corrected chi connectivity index (χ1v) is 9.67. The van der Waals surface area contributed by atoms with E-state index >= 15 is 0 Å². The van der Waals surface area contributed by atoms with E-state index < -0.39 is 5.54 Å². The van der Waals surface area contributed by atoms with Crippen LogP contribution < -0.4 is 5.32 Å². The van der Waals surface area contributed by atoms with Crippen LogP contribution in [-0.2, 0) is 5.54 Å². The van der Waals surface area contributed by atoms with Crippen LogP contribution in [0.5, 0.6) is 0 Å². The summed E-state index contributed by atoms with van der Waals surface area (Å²) in [6.07, 6.45) is 1.73. The van der Waals surface area contributed by atoms with Crippen LogP contribution in [0.15, 0.2) is 109 Å². The fourth-order valence-corrected chi connectivity index (χ4v) is 3.79. The molecule has 3 heteroatoms. The van der Waals surface area contributed by atoms with E-state index in [9.17, 15) is 0 Å². The number of nitrogens with one attached hydrogen (secondary N) is 2. The SMILES string of the molecule is CC(=N)c1ncccc1NC(c1ccccc1)(c1ccccc1)c1ccccc1. The normalized spacial score (nSPS) is 11.1. The standard InChI is InChI=1S/C26H23N3/c1-20(27)25-24(18-11-19-28-25)29-26(21-12-5-2-6-13-21,22-14-7-3-8-15-22)23-16-9-4-10-17-23/h2-19,27,29H,1H3. The van der Waals surface area contributed by atoms with Gasteiger partial charge in [0.25, 0.3) is 0 Å². The van der Waals surface area contributed by atoms with Gasteiger partial charge in [-0.05, 0) is 35.7 Å². The monoisotopic (exact) mass is 377 g/mol. The van der Waals surface area contributed by atoms with Gasteiger partial charge in [-0.25, -0.2) is 0 Å². The van der Waals surface area contributed by atoms with Gasteiger partial charge in [0.05, 0.1) is 11.4 Å². The van der Waals surface area contributed by atoms with Crippen molar-refractivity contribution in [2.45, 2.75) is 12.5 Å². The highest BCUT2D eigenvalue weighted by atomic mass is 15.0. The first kappa shape index (κ1) is 18.6. The van der Waals surface area contributed by atoms with Gasteiger partial charge in [0.1, 0.15) is 11.2 Å². The fraction of sp³-hybridized carbons (Fsp3) is 0.0769. The lowest BCUT2D eigenvalue weighted by Crippen LogP contribution is -2.38. The summed E-state index contributed by atoms with van der Waals surface area (Å²) in [5.41, 5.74) is 4.64. The Bertz CT molecular complexity index is 994. The summed E-state index contributed by atoms with van der Waals surface area (Å²) >= 11 is 0. The van der Waals surface area contributed by atoms with Crippen molar-refractivity contribution in [3.8, 4) is 0 Å². The van der Waals surface area contributed by atoms with Crippen LogP contribution in [0, 0.1) is 5.41 Å². The van der Waals surface area contributed by atoms with E-state index in [0.717, 1.165) is 22.4 Å². The average molecular weight is 377 g/mol. The summed E-state index contributed by atoms with van der Waals surface area (Å²) < 4.78 is 0. The third-order valence-electron chi connectivity index (χ3n) is 5.11. The van der Waals surface area contributed by atoms with E-state index in [-0.39, 0.29) is 0 Å². The highest BCUT2D eigenvalue weighted by molar-refractivity contribution is 5.99. The molecular formula is C26H23N3. The summed E-state index contributed by atoms with van der Waals surface area (Å²) in [4.78, 5) is 4.46. The Morgan fingerprint density at radius 3 is 1.55 bits per heavy atom. The van der Waals surface area contributed by atoms with Gasteiger partial charge < -0.3 is 10.7 Å². The Kier molecular flexibility index (Phi) is 5.21. The van der Waals surface area contributed by atoms with Crippen LogP contribution in [-0.4, -0.2) is 10.7 Å². The zero-order chi connectivity index (χ0) is 20.1. The molecule has 4 rings (SSSR count). The smallest absolute Gasteiger partial charge is 0.114 e. The second kappa shape index (κ2) is 8.11. The minimum absolute atomic E-state index is 0.427. The number of hydrogen-bond donors (Lipinski definition) is 2. The Morgan fingerprint density at radius 1 is 0.690 bits per heavy atom. The van der Waals surface area contributed by atoms with Gasteiger partial charge in [-0.2, -0.15) is 0 Å². The van der Waals surface area contributed by atoms with Gasteiger partial charge in [-0.1, -0.05) is 91.0 Å². The van der Waals surface area contributed by atoms with Crippen molar-refractivity contribution in [3.05, 3.63) is 132 Å². The van der Waals surface area contributed by atoms with Gasteiger partial charge in [0, 0.05) is 6.20 Å². The van der Waals surface area contributed by atoms with Crippen molar-refractivity contribution in [1.82, 2.24) is 4.98 Å². The van der Waals surface area contributed by atoms with Crippen LogP contribution in [0.2, 0.25) is 0 Å². The first-order chi connectivity index (χ1) is 14.2. The average Bonchev–Trinajstić information content (AvgIpc) is 2.79. The lowest BCUT2D eigenvalue weighted by molar-refractivity contribution is 0.710. The fourth-order valence-electron chi connectivity index (χ4n) is 3.79. The Balaban J connectivity index is 2.03. The van der Waals surface area contributed by atoms with Crippen molar-refractivity contribution < 1.29 is 0 Å². The molecule has 0 bridgehead atoms. The molecule has 29 heavy (non-hydrogen) atoms. The maximum absolute atomic E-state index is 8.20. The molecule has 0 amide bonds. The van der Waals surface area contributed by atoms with Crippen molar-refractivity contribution in [2.24, 2.45) is 0 Å². The molecule has 1 heterocycles. The Morgan fingerprint density at radius 2 is 1.14 bits per heavy atom. The summed E-state index contributed by atoms with van der Waals surface area (Å²) in [6.45, 7) is 1.77. The predicted molar refractivity (Wildman–Crippen MR) is 120 cm³/mol. The summed E-state index contributed by atoms with van der Waals surface area (Å²) in [6, 6.07) is 35.2. The summed E-state index contributed by atoms with van der Waals surface area (Å²) in [5, 5.41) is 12.0. The molecule has 4 aromatic rings. The third-order valence-corrected chi connectivity index (χ3v) is 5.11. The molecule has 0 saturated heterocycles. The molecule has 0 fully saturated rings. The van der Waals surface area contributed by atoms with Crippen molar-refractivity contribution >= 4 is 11.4 Å². The maximum atomic E-state index is 8.20. The number of pyridine rings is 1. The Hall–Kier alpha value is -3.72. The highest BCUT2D eigenvalue weighted by Crippen LogP contribution is 2.40. The molecule has 0 radical (unpaired) electrons. The van der Waals surface area contributed by atoms with Crippen LogP contribution in [0.4, 0.5) is 5.69 Å². The molecule has 0 aliphatic heterocycles. The van der Waals surface area contributed by atoms with Crippen LogP contribution in [0.1, 0.15) is 29.3 Å². The molecule has 0 unspecified atom stereocenters. The van der Waals surface area contributed by atoms with E-state index in [1.54, 1.807) is 13.1 Å². The van der Waals surface area contributed by atoms with E-state index in [1.807, 2.05) is 30.3 Å². The number of anilines is 1. The largest absolute Gasteiger partial charge is 0.366 e. The molecule has 0 saturated carbocycles. The number of benzene rings is 3. The third kappa shape index (κ3) is 3.55. The second-order valence-corrected chi connectivity index (χ2v) is 7.00. The molecule has 3 aromatic carbocycles. The summed E-state index contributed by atoms with van der Waals surface area (Å²) in [7, 11) is 0. The highest BCUT2D eigenvalue weighted by Gasteiger charge is 2.36. The predicted octanol–water partition coefficient (Wildman–Crippen LogP) is 5.87. The van der Waals surface area contributed by atoms with Gasteiger partial charge in [0.15, 0.2) is 0 Å². The van der Waals surface area contributed by atoms with Crippen LogP contribution in [0.3, 0.4) is 0 Å². The molecule has 142 valence electrons. The molecule has 0 aliphatic rings. The number of nitrogens with zero attached hydrogens (tertiary/aromatic N) is 1.